The fraction of sp³-hybridized carbons (Fsp3) is 0.154. The quantitative estimate of drug-likeness (QED) is 0.451. The topological polar surface area (TPSA) is 99.2 Å². The van der Waals surface area contributed by atoms with E-state index in [1.165, 1.54) is 10.8 Å². The summed E-state index contributed by atoms with van der Waals surface area (Å²) in [5.41, 5.74) is 2.13. The number of benzene rings is 1. The molecule has 0 atom stereocenters. The van der Waals surface area contributed by atoms with Crippen LogP contribution >= 0.6 is 0 Å². The van der Waals surface area contributed by atoms with Crippen LogP contribution in [-0.2, 0) is 6.54 Å². The van der Waals surface area contributed by atoms with E-state index in [1.54, 1.807) is 36.5 Å². The van der Waals surface area contributed by atoms with Crippen molar-refractivity contribution in [3.8, 4) is 5.75 Å². The van der Waals surface area contributed by atoms with Gasteiger partial charge in [-0.3, -0.25) is 14.8 Å². The van der Waals surface area contributed by atoms with E-state index in [-0.39, 0.29) is 11.6 Å². The predicted molar refractivity (Wildman–Crippen MR) is 72.1 cm³/mol. The zero-order valence-corrected chi connectivity index (χ0v) is 10.7. The molecule has 0 unspecified atom stereocenters. The third-order valence-corrected chi connectivity index (χ3v) is 2.61. The molecule has 1 aromatic carbocycles. The molecule has 104 valence electrons. The minimum Gasteiger partial charge on any atom is -0.492 e. The molecule has 0 aliphatic carbocycles. The lowest BCUT2D eigenvalue weighted by molar-refractivity contribution is 0.0953. The monoisotopic (exact) mass is 274 g/mol. The number of amides is 1. The molecule has 0 fully saturated rings. The molecular weight excluding hydrogens is 260 g/mol. The van der Waals surface area contributed by atoms with Crippen molar-refractivity contribution in [2.24, 2.45) is 5.84 Å². The van der Waals surface area contributed by atoms with Crippen molar-refractivity contribution in [1.82, 2.24) is 15.0 Å². The SMILES string of the molecule is NNC(=O)c1cccc(OCCn2cccnc2=O)c1. The average Bonchev–Trinajstić information content (AvgIpc) is 2.49. The molecule has 1 heterocycles. The summed E-state index contributed by atoms with van der Waals surface area (Å²) in [6.07, 6.45) is 3.07. The van der Waals surface area contributed by atoms with Gasteiger partial charge in [-0.15, -0.1) is 0 Å². The summed E-state index contributed by atoms with van der Waals surface area (Å²) >= 11 is 0. The van der Waals surface area contributed by atoms with Crippen LogP contribution < -0.4 is 21.7 Å². The van der Waals surface area contributed by atoms with Crippen LogP contribution in [0.1, 0.15) is 10.4 Å². The second-order valence-electron chi connectivity index (χ2n) is 3.95. The van der Waals surface area contributed by atoms with E-state index in [4.69, 9.17) is 10.6 Å². The van der Waals surface area contributed by atoms with Crippen LogP contribution in [0.3, 0.4) is 0 Å². The molecule has 0 saturated carbocycles. The second kappa shape index (κ2) is 6.48. The van der Waals surface area contributed by atoms with Crippen LogP contribution in [0.5, 0.6) is 5.75 Å². The molecule has 0 aliphatic heterocycles. The molecule has 3 N–H and O–H groups in total. The Morgan fingerprint density at radius 3 is 3.00 bits per heavy atom. The highest BCUT2D eigenvalue weighted by atomic mass is 16.5. The fourth-order valence-corrected chi connectivity index (χ4v) is 1.63. The van der Waals surface area contributed by atoms with Gasteiger partial charge in [0.25, 0.3) is 5.91 Å². The summed E-state index contributed by atoms with van der Waals surface area (Å²) in [5, 5.41) is 0. The Hall–Kier alpha value is -2.67. The summed E-state index contributed by atoms with van der Waals surface area (Å²) in [5.74, 6) is 5.20. The summed E-state index contributed by atoms with van der Waals surface area (Å²) in [6.45, 7) is 0.666. The van der Waals surface area contributed by atoms with Gasteiger partial charge in [-0.2, -0.15) is 0 Å². The molecular formula is C13H14N4O3. The van der Waals surface area contributed by atoms with Crippen molar-refractivity contribution in [1.29, 1.82) is 0 Å². The Kier molecular flexibility index (Phi) is 4.46. The zero-order valence-electron chi connectivity index (χ0n) is 10.7. The van der Waals surface area contributed by atoms with E-state index in [0.717, 1.165) is 0 Å². The van der Waals surface area contributed by atoms with E-state index in [2.05, 4.69) is 4.98 Å². The number of hydrogen-bond donors (Lipinski definition) is 2. The summed E-state index contributed by atoms with van der Waals surface area (Å²) in [7, 11) is 0. The van der Waals surface area contributed by atoms with Crippen molar-refractivity contribution >= 4 is 5.91 Å². The Morgan fingerprint density at radius 2 is 2.25 bits per heavy atom. The molecule has 7 heteroatoms. The van der Waals surface area contributed by atoms with E-state index in [1.807, 2.05) is 5.43 Å². The Balaban J connectivity index is 1.96. The minimum absolute atomic E-state index is 0.291. The average molecular weight is 274 g/mol. The van der Waals surface area contributed by atoms with E-state index < -0.39 is 0 Å². The first-order chi connectivity index (χ1) is 9.70. The predicted octanol–water partition coefficient (Wildman–Crippen LogP) is -0.0742. The molecule has 0 saturated heterocycles. The normalized spacial score (nSPS) is 10.1. The molecule has 0 spiro atoms. The van der Waals surface area contributed by atoms with Gasteiger partial charge in [-0.05, 0) is 24.3 Å². The lowest BCUT2D eigenvalue weighted by Crippen LogP contribution is -2.29. The molecule has 2 aromatic rings. The van der Waals surface area contributed by atoms with Gasteiger partial charge in [-0.1, -0.05) is 6.07 Å². The number of ether oxygens (including phenoxy) is 1. The van der Waals surface area contributed by atoms with Crippen LogP contribution in [0.15, 0.2) is 47.5 Å². The highest BCUT2D eigenvalue weighted by Gasteiger charge is 2.04. The number of aromatic nitrogens is 2. The van der Waals surface area contributed by atoms with E-state index >= 15 is 0 Å². The molecule has 0 radical (unpaired) electrons. The van der Waals surface area contributed by atoms with Crippen LogP contribution in [-0.4, -0.2) is 22.1 Å². The molecule has 20 heavy (non-hydrogen) atoms. The molecule has 1 amide bonds. The van der Waals surface area contributed by atoms with Gasteiger partial charge in [0, 0.05) is 18.0 Å². The molecule has 2 rings (SSSR count). The summed E-state index contributed by atoms with van der Waals surface area (Å²) in [6, 6.07) is 8.29. The molecule has 1 aromatic heterocycles. The number of hydrogen-bond acceptors (Lipinski definition) is 5. The third-order valence-electron chi connectivity index (χ3n) is 2.61. The van der Waals surface area contributed by atoms with Gasteiger partial charge in [0.2, 0.25) is 0 Å². The van der Waals surface area contributed by atoms with Gasteiger partial charge in [0.1, 0.15) is 12.4 Å². The highest BCUT2D eigenvalue weighted by Crippen LogP contribution is 2.13. The van der Waals surface area contributed by atoms with Crippen molar-refractivity contribution in [2.75, 3.05) is 6.61 Å². The van der Waals surface area contributed by atoms with Gasteiger partial charge < -0.3 is 4.74 Å². The maximum atomic E-state index is 11.4. The third kappa shape index (κ3) is 3.42. The lowest BCUT2D eigenvalue weighted by atomic mass is 10.2. The van der Waals surface area contributed by atoms with Gasteiger partial charge in [0.05, 0.1) is 6.54 Å². The number of nitrogen functional groups attached to an aromatic ring is 1. The maximum Gasteiger partial charge on any atom is 0.347 e. The number of nitrogens with one attached hydrogen (secondary N) is 1. The van der Waals surface area contributed by atoms with Crippen molar-refractivity contribution in [3.05, 3.63) is 58.8 Å². The van der Waals surface area contributed by atoms with Crippen molar-refractivity contribution < 1.29 is 9.53 Å². The largest absolute Gasteiger partial charge is 0.492 e. The first-order valence-corrected chi connectivity index (χ1v) is 5.96. The zero-order chi connectivity index (χ0) is 14.4. The summed E-state index contributed by atoms with van der Waals surface area (Å²) < 4.78 is 6.93. The Bertz CT molecular complexity index is 654. The smallest absolute Gasteiger partial charge is 0.347 e. The Morgan fingerprint density at radius 1 is 1.40 bits per heavy atom. The van der Waals surface area contributed by atoms with Crippen LogP contribution in [0, 0.1) is 0 Å². The molecule has 7 nitrogen and oxygen atoms in total. The second-order valence-corrected chi connectivity index (χ2v) is 3.95. The molecule has 0 aliphatic rings. The van der Waals surface area contributed by atoms with Gasteiger partial charge in [-0.25, -0.2) is 15.6 Å². The lowest BCUT2D eigenvalue weighted by Gasteiger charge is -2.08. The number of rotatable bonds is 5. The van der Waals surface area contributed by atoms with Crippen LogP contribution in [0.4, 0.5) is 0 Å². The number of nitrogens with zero attached hydrogens (tertiary/aromatic N) is 2. The van der Waals surface area contributed by atoms with Gasteiger partial charge >= 0.3 is 5.69 Å². The molecule has 0 bridgehead atoms. The number of hydrazine groups is 1. The minimum atomic E-state index is -0.390. The maximum absolute atomic E-state index is 11.4. The highest BCUT2D eigenvalue weighted by molar-refractivity contribution is 5.94. The first kappa shape index (κ1) is 13.8. The van der Waals surface area contributed by atoms with Gasteiger partial charge in [0.15, 0.2) is 0 Å². The van der Waals surface area contributed by atoms with E-state index in [0.29, 0.717) is 24.5 Å². The fourth-order valence-electron chi connectivity index (χ4n) is 1.63. The van der Waals surface area contributed by atoms with Crippen molar-refractivity contribution in [3.63, 3.8) is 0 Å². The standard InChI is InChI=1S/C13H14N4O3/c14-16-12(18)10-3-1-4-11(9-10)20-8-7-17-6-2-5-15-13(17)19/h1-6,9H,7-8,14H2,(H,16,18). The Labute approximate surface area is 115 Å². The van der Waals surface area contributed by atoms with Crippen LogP contribution in [0.25, 0.3) is 0 Å². The van der Waals surface area contributed by atoms with E-state index in [9.17, 15) is 9.59 Å². The number of nitrogens with two attached hydrogens (primary N) is 1. The number of carbonyl (C=O) groups excluding carboxylic acids is 1. The first-order valence-electron chi connectivity index (χ1n) is 5.96. The summed E-state index contributed by atoms with van der Waals surface area (Å²) in [4.78, 5) is 26.4. The van der Waals surface area contributed by atoms with Crippen LogP contribution in [0.2, 0.25) is 0 Å². The van der Waals surface area contributed by atoms with Crippen molar-refractivity contribution in [2.45, 2.75) is 6.54 Å². The number of carbonyl (C=O) groups is 1.